The van der Waals surface area contributed by atoms with Crippen molar-refractivity contribution in [2.45, 2.75) is 19.4 Å². The van der Waals surface area contributed by atoms with Crippen LogP contribution in [0.1, 0.15) is 18.5 Å². The van der Waals surface area contributed by atoms with Crippen LogP contribution in [0.5, 0.6) is 0 Å². The highest BCUT2D eigenvalue weighted by Gasteiger charge is 2.09. The number of hydrogen-bond acceptors (Lipinski definition) is 6. The van der Waals surface area contributed by atoms with Crippen LogP contribution in [-0.2, 0) is 16.1 Å². The third kappa shape index (κ3) is 4.18. The first-order valence-corrected chi connectivity index (χ1v) is 7.30. The average Bonchev–Trinajstić information content (AvgIpc) is 3.08. The molecule has 0 bridgehead atoms. The fourth-order valence-electron chi connectivity index (χ4n) is 1.84. The van der Waals surface area contributed by atoms with E-state index in [1.54, 1.807) is 17.6 Å². The molecule has 0 saturated carbocycles. The highest BCUT2D eigenvalue weighted by molar-refractivity contribution is 7.13. The van der Waals surface area contributed by atoms with Gasteiger partial charge in [-0.05, 0) is 31.5 Å². The Morgan fingerprint density at radius 3 is 3.10 bits per heavy atom. The smallest absolute Gasteiger partial charge is 0.305 e. The number of ether oxygens (including phenoxy) is 1. The number of esters is 1. The molecule has 0 aliphatic heterocycles. The first-order chi connectivity index (χ1) is 9.69. The van der Waals surface area contributed by atoms with Crippen LogP contribution in [0.4, 0.5) is 0 Å². The van der Waals surface area contributed by atoms with Crippen LogP contribution in [0.15, 0.2) is 28.2 Å². The van der Waals surface area contributed by atoms with E-state index in [2.05, 4.69) is 14.6 Å². The molecule has 0 radical (unpaired) electrons. The zero-order valence-corrected chi connectivity index (χ0v) is 12.5. The topological polar surface area (TPSA) is 55.6 Å². The SMILES string of the molecule is COC(=O)CCCN(C)Cc1coc(-c2cccs2)n1. The van der Waals surface area contributed by atoms with Gasteiger partial charge in [0.25, 0.3) is 0 Å². The van der Waals surface area contributed by atoms with Crippen molar-refractivity contribution in [3.8, 4) is 10.8 Å². The predicted molar refractivity (Wildman–Crippen MR) is 77.4 cm³/mol. The van der Waals surface area contributed by atoms with E-state index in [1.165, 1.54) is 7.11 Å². The molecule has 0 aliphatic carbocycles. The summed E-state index contributed by atoms with van der Waals surface area (Å²) in [6, 6.07) is 3.96. The van der Waals surface area contributed by atoms with E-state index < -0.39 is 0 Å². The van der Waals surface area contributed by atoms with Gasteiger partial charge in [0.2, 0.25) is 5.89 Å². The lowest BCUT2D eigenvalue weighted by Gasteiger charge is -2.13. The Hall–Kier alpha value is -1.66. The van der Waals surface area contributed by atoms with Gasteiger partial charge in [-0.25, -0.2) is 4.98 Å². The predicted octanol–water partition coefficient (Wildman–Crippen LogP) is 2.79. The standard InChI is InChI=1S/C14H18N2O3S/c1-16(7-3-6-13(17)18-2)9-11-10-19-14(15-11)12-5-4-8-20-12/h4-5,8,10H,3,6-7,9H2,1-2H3. The van der Waals surface area contributed by atoms with Crippen molar-refractivity contribution in [3.05, 3.63) is 29.5 Å². The molecule has 2 aromatic heterocycles. The zero-order chi connectivity index (χ0) is 14.4. The summed E-state index contributed by atoms with van der Waals surface area (Å²) in [7, 11) is 3.41. The van der Waals surface area contributed by atoms with Crippen LogP contribution in [0, 0.1) is 0 Å². The summed E-state index contributed by atoms with van der Waals surface area (Å²) >= 11 is 1.61. The Kier molecular flexibility index (Phi) is 5.31. The van der Waals surface area contributed by atoms with Gasteiger partial charge < -0.3 is 14.1 Å². The molecule has 108 valence electrons. The average molecular weight is 294 g/mol. The number of carbonyl (C=O) groups is 1. The highest BCUT2D eigenvalue weighted by Crippen LogP contribution is 2.23. The van der Waals surface area contributed by atoms with Crippen molar-refractivity contribution >= 4 is 17.3 Å². The van der Waals surface area contributed by atoms with Gasteiger partial charge in [0.15, 0.2) is 0 Å². The summed E-state index contributed by atoms with van der Waals surface area (Å²) in [5, 5.41) is 2.00. The van der Waals surface area contributed by atoms with E-state index in [4.69, 9.17) is 4.42 Å². The normalized spacial score (nSPS) is 10.9. The van der Waals surface area contributed by atoms with E-state index in [-0.39, 0.29) is 5.97 Å². The number of hydrogen-bond donors (Lipinski definition) is 0. The molecule has 5 nitrogen and oxygen atoms in total. The molecule has 2 rings (SSSR count). The highest BCUT2D eigenvalue weighted by atomic mass is 32.1. The second kappa shape index (κ2) is 7.21. The van der Waals surface area contributed by atoms with Crippen molar-refractivity contribution in [1.29, 1.82) is 0 Å². The summed E-state index contributed by atoms with van der Waals surface area (Å²) in [5.41, 5.74) is 0.897. The van der Waals surface area contributed by atoms with Crippen LogP contribution in [0.25, 0.3) is 10.8 Å². The van der Waals surface area contributed by atoms with Gasteiger partial charge >= 0.3 is 5.97 Å². The molecule has 0 aromatic carbocycles. The number of rotatable bonds is 7. The lowest BCUT2D eigenvalue weighted by atomic mass is 10.3. The minimum absolute atomic E-state index is 0.167. The Balaban J connectivity index is 1.80. The molecule has 2 heterocycles. The van der Waals surface area contributed by atoms with E-state index in [9.17, 15) is 4.79 Å². The number of aromatic nitrogens is 1. The van der Waals surface area contributed by atoms with Gasteiger partial charge in [0.05, 0.1) is 17.7 Å². The van der Waals surface area contributed by atoms with Gasteiger partial charge in [0, 0.05) is 13.0 Å². The van der Waals surface area contributed by atoms with Gasteiger partial charge in [-0.1, -0.05) is 6.07 Å². The molecule has 0 saturated heterocycles. The third-order valence-electron chi connectivity index (χ3n) is 2.86. The second-order valence-electron chi connectivity index (χ2n) is 4.54. The largest absolute Gasteiger partial charge is 0.469 e. The monoisotopic (exact) mass is 294 g/mol. The molecule has 0 spiro atoms. The number of thiophene rings is 1. The molecule has 0 atom stereocenters. The fourth-order valence-corrected chi connectivity index (χ4v) is 2.50. The summed E-state index contributed by atoms with van der Waals surface area (Å²) in [5.74, 6) is 0.498. The third-order valence-corrected chi connectivity index (χ3v) is 3.72. The Labute approximate surface area is 122 Å². The maximum Gasteiger partial charge on any atom is 0.305 e. The molecule has 0 unspecified atom stereocenters. The van der Waals surface area contributed by atoms with Gasteiger partial charge in [0.1, 0.15) is 6.26 Å². The molecule has 0 N–H and O–H groups in total. The van der Waals surface area contributed by atoms with Crippen molar-refractivity contribution in [2.75, 3.05) is 20.7 Å². The molecule has 0 fully saturated rings. The van der Waals surface area contributed by atoms with E-state index in [0.717, 1.165) is 23.5 Å². The molecule has 0 aliphatic rings. The van der Waals surface area contributed by atoms with Crippen LogP contribution in [-0.4, -0.2) is 36.6 Å². The number of carbonyl (C=O) groups excluding carboxylic acids is 1. The van der Waals surface area contributed by atoms with Crippen molar-refractivity contribution < 1.29 is 13.9 Å². The summed E-state index contributed by atoms with van der Waals surface area (Å²) in [6.07, 6.45) is 2.91. The minimum Gasteiger partial charge on any atom is -0.469 e. The summed E-state index contributed by atoms with van der Waals surface area (Å²) < 4.78 is 10.1. The zero-order valence-electron chi connectivity index (χ0n) is 11.7. The molecule has 6 heteroatoms. The lowest BCUT2D eigenvalue weighted by molar-refractivity contribution is -0.140. The molecule has 20 heavy (non-hydrogen) atoms. The van der Waals surface area contributed by atoms with Gasteiger partial charge in [-0.2, -0.15) is 0 Å². The summed E-state index contributed by atoms with van der Waals surface area (Å²) in [4.78, 5) is 18.6. The Morgan fingerprint density at radius 2 is 2.40 bits per heavy atom. The quantitative estimate of drug-likeness (QED) is 0.735. The number of oxazole rings is 1. The van der Waals surface area contributed by atoms with Crippen LogP contribution >= 0.6 is 11.3 Å². The molecular formula is C14H18N2O3S. The number of nitrogens with zero attached hydrogens (tertiary/aromatic N) is 2. The number of methoxy groups -OCH3 is 1. The Bertz CT molecular complexity index is 536. The van der Waals surface area contributed by atoms with Gasteiger partial charge in [-0.3, -0.25) is 4.79 Å². The van der Waals surface area contributed by atoms with Crippen LogP contribution in [0.3, 0.4) is 0 Å². The van der Waals surface area contributed by atoms with Crippen LogP contribution in [0.2, 0.25) is 0 Å². The molecular weight excluding hydrogens is 276 g/mol. The lowest BCUT2D eigenvalue weighted by Crippen LogP contribution is -2.20. The van der Waals surface area contributed by atoms with Crippen molar-refractivity contribution in [1.82, 2.24) is 9.88 Å². The van der Waals surface area contributed by atoms with E-state index in [0.29, 0.717) is 18.9 Å². The van der Waals surface area contributed by atoms with E-state index >= 15 is 0 Å². The summed E-state index contributed by atoms with van der Waals surface area (Å²) in [6.45, 7) is 1.52. The first kappa shape index (κ1) is 14.7. The van der Waals surface area contributed by atoms with Crippen molar-refractivity contribution in [2.24, 2.45) is 0 Å². The first-order valence-electron chi connectivity index (χ1n) is 6.42. The Morgan fingerprint density at radius 1 is 1.55 bits per heavy atom. The van der Waals surface area contributed by atoms with Crippen LogP contribution < -0.4 is 0 Å². The maximum atomic E-state index is 11.0. The maximum absolute atomic E-state index is 11.0. The molecule has 2 aromatic rings. The second-order valence-corrected chi connectivity index (χ2v) is 5.49. The van der Waals surface area contributed by atoms with E-state index in [1.807, 2.05) is 24.6 Å². The fraction of sp³-hybridized carbons (Fsp3) is 0.429. The minimum atomic E-state index is -0.167. The molecule has 0 amide bonds. The van der Waals surface area contributed by atoms with Gasteiger partial charge in [-0.15, -0.1) is 11.3 Å². The van der Waals surface area contributed by atoms with Crippen molar-refractivity contribution in [3.63, 3.8) is 0 Å².